The number of amides is 1. The zero-order valence-corrected chi connectivity index (χ0v) is 24.3. The van der Waals surface area contributed by atoms with Crippen molar-refractivity contribution in [1.82, 2.24) is 10.4 Å². The highest BCUT2D eigenvalue weighted by Crippen LogP contribution is 2.37. The smallest absolute Gasteiger partial charge is 0.347 e. The number of benzene rings is 4. The van der Waals surface area contributed by atoms with Crippen molar-refractivity contribution in [1.29, 1.82) is 0 Å². The van der Waals surface area contributed by atoms with Crippen LogP contribution in [0.25, 0.3) is 22.0 Å². The number of aromatic amines is 1. The van der Waals surface area contributed by atoms with Crippen molar-refractivity contribution in [2.75, 3.05) is 7.11 Å². The summed E-state index contributed by atoms with van der Waals surface area (Å²) < 4.78 is 25.7. The van der Waals surface area contributed by atoms with Crippen molar-refractivity contribution >= 4 is 68.1 Å². The molecule has 1 aromatic heterocycles. The molecule has 1 amide bonds. The molecule has 0 bridgehead atoms. The lowest BCUT2D eigenvalue weighted by molar-refractivity contribution is 0.0730. The van der Waals surface area contributed by atoms with E-state index in [4.69, 9.17) is 32.7 Å². The molecule has 0 radical (unpaired) electrons. The molecule has 0 spiro atoms. The lowest BCUT2D eigenvalue weighted by atomic mass is 10.0. The normalized spacial score (nSPS) is 11.1. The number of nitrogens with one attached hydrogen (secondary N) is 2. The summed E-state index contributed by atoms with van der Waals surface area (Å²) in [5.74, 6) is -1.27. The number of methoxy groups -OCH3 is 1. The van der Waals surface area contributed by atoms with E-state index in [1.165, 1.54) is 31.5 Å². The van der Waals surface area contributed by atoms with Gasteiger partial charge < -0.3 is 14.5 Å². The zero-order valence-electron chi connectivity index (χ0n) is 21.2. The van der Waals surface area contributed by atoms with E-state index >= 15 is 0 Å². The second-order valence-electron chi connectivity index (χ2n) is 8.66. The summed E-state index contributed by atoms with van der Waals surface area (Å²) in [7, 11) is 1.43. The van der Waals surface area contributed by atoms with E-state index in [0.717, 1.165) is 0 Å². The first-order chi connectivity index (χ1) is 19.7. The van der Waals surface area contributed by atoms with Crippen LogP contribution < -0.4 is 14.9 Å². The highest BCUT2D eigenvalue weighted by atomic mass is 79.9. The predicted octanol–water partition coefficient (Wildman–Crippen LogP) is 8.04. The molecule has 0 aliphatic carbocycles. The fraction of sp³-hybridized carbons (Fsp3) is 0.0333. The van der Waals surface area contributed by atoms with Gasteiger partial charge in [-0.25, -0.2) is 14.6 Å². The van der Waals surface area contributed by atoms with Crippen LogP contribution in [0.4, 0.5) is 4.39 Å². The molecule has 0 saturated heterocycles. The summed E-state index contributed by atoms with van der Waals surface area (Å²) in [6, 6.07) is 20.7. The molecule has 5 rings (SSSR count). The monoisotopic (exact) mass is 653 g/mol. The van der Waals surface area contributed by atoms with E-state index in [0.29, 0.717) is 47.9 Å². The quantitative estimate of drug-likeness (QED) is 0.0804. The van der Waals surface area contributed by atoms with Crippen LogP contribution in [0.2, 0.25) is 10.0 Å². The average molecular weight is 655 g/mol. The number of nitrogens with zero attached hydrogens (tertiary/aromatic N) is 1. The Morgan fingerprint density at radius 3 is 2.56 bits per heavy atom. The average Bonchev–Trinajstić information content (AvgIpc) is 3.33. The topological polar surface area (TPSA) is 92.8 Å². The van der Waals surface area contributed by atoms with Crippen LogP contribution in [0.1, 0.15) is 26.4 Å². The number of carbonyl (C=O) groups is 2. The molecular weight excluding hydrogens is 636 g/mol. The molecule has 0 saturated carbocycles. The van der Waals surface area contributed by atoms with E-state index in [2.05, 4.69) is 31.4 Å². The number of aromatic nitrogens is 1. The molecule has 5 aromatic rings. The number of halogens is 4. The van der Waals surface area contributed by atoms with Gasteiger partial charge in [0.25, 0.3) is 5.91 Å². The lowest BCUT2D eigenvalue weighted by Gasteiger charge is -2.11. The number of H-pyrrole nitrogens is 1. The van der Waals surface area contributed by atoms with Gasteiger partial charge in [-0.3, -0.25) is 4.79 Å². The van der Waals surface area contributed by atoms with Crippen molar-refractivity contribution in [2.45, 2.75) is 0 Å². The van der Waals surface area contributed by atoms with Gasteiger partial charge in [-0.15, -0.1) is 0 Å². The molecule has 4 aromatic carbocycles. The third-order valence-corrected chi connectivity index (χ3v) is 7.11. The van der Waals surface area contributed by atoms with Gasteiger partial charge in [-0.05, 0) is 60.7 Å². The summed E-state index contributed by atoms with van der Waals surface area (Å²) in [5, 5.41) is 5.31. The van der Waals surface area contributed by atoms with E-state index in [1.54, 1.807) is 60.7 Å². The van der Waals surface area contributed by atoms with Gasteiger partial charge in [0.1, 0.15) is 28.6 Å². The fourth-order valence-electron chi connectivity index (χ4n) is 4.20. The first-order valence-electron chi connectivity index (χ1n) is 12.0. The van der Waals surface area contributed by atoms with Gasteiger partial charge in [-0.1, -0.05) is 57.3 Å². The maximum absolute atomic E-state index is 14.1. The van der Waals surface area contributed by atoms with Crippen molar-refractivity contribution in [2.24, 2.45) is 5.10 Å². The second-order valence-corrected chi connectivity index (χ2v) is 10.4. The number of carbonyl (C=O) groups excluding carboxylic acids is 2. The first kappa shape index (κ1) is 28.4. The lowest BCUT2D eigenvalue weighted by Crippen LogP contribution is -2.19. The highest BCUT2D eigenvalue weighted by Gasteiger charge is 2.21. The number of fused-ring (bicyclic) bond motifs is 1. The highest BCUT2D eigenvalue weighted by molar-refractivity contribution is 9.10. The van der Waals surface area contributed by atoms with Crippen molar-refractivity contribution < 1.29 is 23.5 Å². The Kier molecular flexibility index (Phi) is 8.39. The molecule has 2 N–H and O–H groups in total. The summed E-state index contributed by atoms with van der Waals surface area (Å²) in [4.78, 5) is 29.3. The van der Waals surface area contributed by atoms with E-state index in [-0.39, 0.29) is 17.0 Å². The second kappa shape index (κ2) is 12.1. The molecule has 7 nitrogen and oxygen atoms in total. The summed E-state index contributed by atoms with van der Waals surface area (Å²) in [5.41, 5.74) is 4.69. The Bertz CT molecular complexity index is 1840. The van der Waals surface area contributed by atoms with Crippen LogP contribution >= 0.6 is 39.1 Å². The standard InChI is InChI=1S/C30H19BrCl2FN3O4/c1-40-26-11-7-18(32)13-22(26)30(39)41-25-10-6-17(31)12-16(25)15-35-37-29(38)28-27(20-4-2-3-5-23(20)33)21-14-19(34)8-9-24(21)36-28/h2-15,36H,1H3,(H,37,38). The minimum absolute atomic E-state index is 0.140. The summed E-state index contributed by atoms with van der Waals surface area (Å²) in [6.45, 7) is 0. The first-order valence-corrected chi connectivity index (χ1v) is 13.5. The number of ether oxygens (including phenoxy) is 2. The SMILES string of the molecule is COc1ccc(Cl)cc1C(=O)Oc1ccc(Br)cc1C=NNC(=O)c1[nH]c2ccc(F)cc2c1-c1ccccc1Cl. The van der Waals surface area contributed by atoms with Crippen LogP contribution in [-0.4, -0.2) is 30.2 Å². The van der Waals surface area contributed by atoms with Gasteiger partial charge in [-0.2, -0.15) is 5.10 Å². The maximum atomic E-state index is 14.1. The van der Waals surface area contributed by atoms with Crippen LogP contribution in [0.5, 0.6) is 11.5 Å². The molecule has 0 atom stereocenters. The third-order valence-electron chi connectivity index (χ3n) is 6.06. The van der Waals surface area contributed by atoms with Crippen LogP contribution in [0, 0.1) is 5.82 Å². The van der Waals surface area contributed by atoms with Gasteiger partial charge >= 0.3 is 5.97 Å². The molecule has 0 aliphatic rings. The van der Waals surface area contributed by atoms with Crippen molar-refractivity contribution in [3.05, 3.63) is 116 Å². The van der Waals surface area contributed by atoms with E-state index < -0.39 is 17.7 Å². The fourth-order valence-corrected chi connectivity index (χ4v) is 4.98. The van der Waals surface area contributed by atoms with E-state index in [9.17, 15) is 14.0 Å². The van der Waals surface area contributed by atoms with Gasteiger partial charge in [0.2, 0.25) is 0 Å². The molecule has 0 aliphatic heterocycles. The van der Waals surface area contributed by atoms with Crippen LogP contribution in [0.15, 0.2) is 88.4 Å². The van der Waals surface area contributed by atoms with Gasteiger partial charge in [0, 0.05) is 42.1 Å². The van der Waals surface area contributed by atoms with Crippen LogP contribution in [0.3, 0.4) is 0 Å². The number of hydrazone groups is 1. The number of esters is 1. The Balaban J connectivity index is 1.43. The molecular formula is C30H19BrCl2FN3O4. The summed E-state index contributed by atoms with van der Waals surface area (Å²) >= 11 is 15.9. The van der Waals surface area contributed by atoms with Crippen LogP contribution in [-0.2, 0) is 0 Å². The predicted molar refractivity (Wildman–Crippen MR) is 161 cm³/mol. The molecule has 206 valence electrons. The molecule has 11 heteroatoms. The molecule has 0 unspecified atom stereocenters. The minimum atomic E-state index is -0.694. The molecule has 41 heavy (non-hydrogen) atoms. The molecule has 1 heterocycles. The van der Waals surface area contributed by atoms with E-state index in [1.807, 2.05) is 0 Å². The molecule has 0 fully saturated rings. The Hall–Kier alpha value is -4.18. The number of hydrogen-bond acceptors (Lipinski definition) is 5. The zero-order chi connectivity index (χ0) is 29.1. The van der Waals surface area contributed by atoms with Crippen molar-refractivity contribution in [3.8, 4) is 22.6 Å². The third kappa shape index (κ3) is 6.12. The van der Waals surface area contributed by atoms with Gasteiger partial charge in [0.15, 0.2) is 0 Å². The Morgan fingerprint density at radius 2 is 1.78 bits per heavy atom. The minimum Gasteiger partial charge on any atom is -0.496 e. The largest absolute Gasteiger partial charge is 0.496 e. The Labute approximate surface area is 252 Å². The number of rotatable bonds is 7. The summed E-state index contributed by atoms with van der Waals surface area (Å²) in [6.07, 6.45) is 1.33. The van der Waals surface area contributed by atoms with Gasteiger partial charge in [0.05, 0.1) is 13.3 Å². The van der Waals surface area contributed by atoms with Crippen molar-refractivity contribution in [3.63, 3.8) is 0 Å². The number of hydrogen-bond donors (Lipinski definition) is 2. The Morgan fingerprint density at radius 1 is 1.00 bits per heavy atom. The maximum Gasteiger partial charge on any atom is 0.347 e.